The number of hydrogen-bond donors (Lipinski definition) is 3. The van der Waals surface area contributed by atoms with Gasteiger partial charge in [-0.25, -0.2) is 0 Å². The van der Waals surface area contributed by atoms with Gasteiger partial charge in [0.2, 0.25) is 5.75 Å². The maximum Gasteiger partial charge on any atom is 0.205 e. The van der Waals surface area contributed by atoms with E-state index >= 15 is 0 Å². The molecule has 0 saturated carbocycles. The van der Waals surface area contributed by atoms with Gasteiger partial charge in [0.1, 0.15) is 11.5 Å². The zero-order valence-corrected chi connectivity index (χ0v) is 17.5. The lowest BCUT2D eigenvalue weighted by Gasteiger charge is -2.33. The molecule has 2 atom stereocenters. The fraction of sp³-hybridized carbons (Fsp3) is 0.160. The van der Waals surface area contributed by atoms with Crippen molar-refractivity contribution in [3.8, 4) is 40.1 Å². The van der Waals surface area contributed by atoms with Crippen LogP contribution in [0.2, 0.25) is 0 Å². The second kappa shape index (κ2) is 8.07. The third-order valence-corrected chi connectivity index (χ3v) is 5.54. The highest BCUT2D eigenvalue weighted by Gasteiger charge is 2.35. The summed E-state index contributed by atoms with van der Waals surface area (Å²) in [4.78, 5) is 12.8. The van der Waals surface area contributed by atoms with Crippen LogP contribution in [0, 0.1) is 0 Å². The molecule has 0 aliphatic carbocycles. The van der Waals surface area contributed by atoms with E-state index in [1.807, 2.05) is 0 Å². The van der Waals surface area contributed by atoms with E-state index in [9.17, 15) is 20.1 Å². The molecule has 0 spiro atoms. The van der Waals surface area contributed by atoms with E-state index < -0.39 is 12.2 Å². The molecule has 0 fully saturated rings. The van der Waals surface area contributed by atoms with Crippen molar-refractivity contribution < 1.29 is 33.9 Å². The Bertz CT molecular complexity index is 1390. The maximum atomic E-state index is 12.8. The fourth-order valence-electron chi connectivity index (χ4n) is 3.86. The molecular formula is C25H20O8. The summed E-state index contributed by atoms with van der Waals surface area (Å²) in [7, 11) is 1.44. The molecule has 8 nitrogen and oxygen atoms in total. The SMILES string of the molecule is COc1cc([C@@H]2Oc3ccc4c(=O)cc(-c5ccc(O)cc5)oc4c3O[C@H]2CO)ccc1O. The first-order valence-corrected chi connectivity index (χ1v) is 10.2. The van der Waals surface area contributed by atoms with Gasteiger partial charge in [-0.05, 0) is 48.5 Å². The second-order valence-electron chi connectivity index (χ2n) is 7.60. The van der Waals surface area contributed by atoms with Gasteiger partial charge in [-0.15, -0.1) is 0 Å². The van der Waals surface area contributed by atoms with Gasteiger partial charge in [0.05, 0.1) is 19.1 Å². The van der Waals surface area contributed by atoms with Gasteiger partial charge in [-0.3, -0.25) is 4.79 Å². The topological polar surface area (TPSA) is 119 Å². The standard InChI is InChI=1S/C25H20O8/c1-30-21-10-14(4-8-17(21)28)23-22(12-26)33-25-19(31-23)9-7-16-18(29)11-20(32-24(16)25)13-2-5-15(27)6-3-13/h2-11,22-23,26-28H,12H2,1H3/t22-,23-/m0/s1. The van der Waals surface area contributed by atoms with Crippen LogP contribution in [-0.2, 0) is 0 Å². The molecule has 8 heteroatoms. The number of ether oxygens (including phenoxy) is 3. The third kappa shape index (κ3) is 3.60. The minimum absolute atomic E-state index is 0.0199. The Balaban J connectivity index is 1.61. The van der Waals surface area contributed by atoms with Crippen molar-refractivity contribution in [3.63, 3.8) is 0 Å². The smallest absolute Gasteiger partial charge is 0.205 e. The molecule has 4 aromatic rings. The number of fused-ring (bicyclic) bond motifs is 3. The lowest BCUT2D eigenvalue weighted by molar-refractivity contribution is -0.0118. The first kappa shape index (κ1) is 20.7. The Morgan fingerprint density at radius 3 is 2.48 bits per heavy atom. The molecule has 0 unspecified atom stereocenters. The van der Waals surface area contributed by atoms with E-state index in [4.69, 9.17) is 18.6 Å². The average molecular weight is 448 g/mol. The third-order valence-electron chi connectivity index (χ3n) is 5.54. The molecule has 3 N–H and O–H groups in total. The van der Waals surface area contributed by atoms with E-state index in [2.05, 4.69) is 0 Å². The van der Waals surface area contributed by atoms with Crippen LogP contribution in [0.15, 0.2) is 69.9 Å². The number of phenolic OH excluding ortho intramolecular Hbond substituents is 2. The summed E-state index contributed by atoms with van der Waals surface area (Å²) >= 11 is 0. The van der Waals surface area contributed by atoms with Gasteiger partial charge in [-0.1, -0.05) is 6.07 Å². The molecule has 0 amide bonds. The number of rotatable bonds is 4. The minimum atomic E-state index is -0.806. The number of aliphatic hydroxyl groups is 1. The average Bonchev–Trinajstić information content (AvgIpc) is 2.83. The molecule has 1 aliphatic heterocycles. The zero-order valence-electron chi connectivity index (χ0n) is 17.5. The van der Waals surface area contributed by atoms with Crippen LogP contribution in [0.5, 0.6) is 28.7 Å². The van der Waals surface area contributed by atoms with Crippen LogP contribution in [-0.4, -0.2) is 35.1 Å². The Morgan fingerprint density at radius 1 is 0.970 bits per heavy atom. The summed E-state index contributed by atoms with van der Waals surface area (Å²) in [6.45, 7) is -0.369. The molecule has 33 heavy (non-hydrogen) atoms. The fourth-order valence-corrected chi connectivity index (χ4v) is 3.86. The summed E-state index contributed by atoms with van der Waals surface area (Å²) in [5.41, 5.74) is 1.17. The van der Waals surface area contributed by atoms with Gasteiger partial charge in [0.15, 0.2) is 40.5 Å². The number of hydrogen-bond acceptors (Lipinski definition) is 8. The predicted octanol–water partition coefficient (Wildman–Crippen LogP) is 3.75. The molecule has 3 aromatic carbocycles. The molecule has 1 aromatic heterocycles. The highest BCUT2D eigenvalue weighted by molar-refractivity contribution is 5.87. The Kier molecular flexibility index (Phi) is 5.07. The van der Waals surface area contributed by atoms with Crippen molar-refractivity contribution in [1.29, 1.82) is 0 Å². The Hall–Kier alpha value is -4.17. The van der Waals surface area contributed by atoms with Gasteiger partial charge < -0.3 is 33.9 Å². The van der Waals surface area contributed by atoms with Crippen LogP contribution in [0.4, 0.5) is 0 Å². The monoisotopic (exact) mass is 448 g/mol. The largest absolute Gasteiger partial charge is 0.508 e. The number of benzene rings is 3. The summed E-state index contributed by atoms with van der Waals surface area (Å²) in [5.74, 6) is 1.20. The molecule has 1 aliphatic rings. The lowest BCUT2D eigenvalue weighted by atomic mass is 10.0. The van der Waals surface area contributed by atoms with Crippen molar-refractivity contribution in [3.05, 3.63) is 76.5 Å². The molecular weight excluding hydrogens is 428 g/mol. The summed E-state index contributed by atoms with van der Waals surface area (Å²) in [6, 6.07) is 15.6. The highest BCUT2D eigenvalue weighted by Crippen LogP contribution is 2.45. The minimum Gasteiger partial charge on any atom is -0.508 e. The van der Waals surface area contributed by atoms with E-state index in [1.54, 1.807) is 36.4 Å². The van der Waals surface area contributed by atoms with Crippen molar-refractivity contribution in [2.24, 2.45) is 0 Å². The van der Waals surface area contributed by atoms with Crippen molar-refractivity contribution in [2.45, 2.75) is 12.2 Å². The highest BCUT2D eigenvalue weighted by atomic mass is 16.6. The molecule has 0 radical (unpaired) electrons. The van der Waals surface area contributed by atoms with Crippen LogP contribution < -0.4 is 19.6 Å². The second-order valence-corrected chi connectivity index (χ2v) is 7.60. The van der Waals surface area contributed by atoms with Crippen LogP contribution in [0.3, 0.4) is 0 Å². The Morgan fingerprint density at radius 2 is 1.76 bits per heavy atom. The molecule has 2 heterocycles. The number of aromatic hydroxyl groups is 2. The van der Waals surface area contributed by atoms with E-state index in [1.165, 1.54) is 31.4 Å². The van der Waals surface area contributed by atoms with Gasteiger partial charge >= 0.3 is 0 Å². The molecule has 5 rings (SSSR count). The van der Waals surface area contributed by atoms with Gasteiger partial charge in [0, 0.05) is 17.2 Å². The van der Waals surface area contributed by atoms with Crippen LogP contribution >= 0.6 is 0 Å². The van der Waals surface area contributed by atoms with E-state index in [-0.39, 0.29) is 40.6 Å². The maximum absolute atomic E-state index is 12.8. The van der Waals surface area contributed by atoms with Crippen molar-refractivity contribution >= 4 is 11.0 Å². The lowest BCUT2D eigenvalue weighted by Crippen LogP contribution is -2.36. The van der Waals surface area contributed by atoms with Crippen LogP contribution in [0.25, 0.3) is 22.3 Å². The molecule has 0 bridgehead atoms. The van der Waals surface area contributed by atoms with Crippen LogP contribution in [0.1, 0.15) is 11.7 Å². The van der Waals surface area contributed by atoms with E-state index in [0.717, 1.165) is 0 Å². The van der Waals surface area contributed by atoms with Gasteiger partial charge in [-0.2, -0.15) is 0 Å². The normalized spacial score (nSPS) is 17.2. The Labute approximate surface area is 187 Å². The molecule has 0 saturated heterocycles. The quantitative estimate of drug-likeness (QED) is 0.432. The number of methoxy groups -OCH3 is 1. The van der Waals surface area contributed by atoms with Crippen molar-refractivity contribution in [2.75, 3.05) is 13.7 Å². The first-order valence-electron chi connectivity index (χ1n) is 10.2. The molecule has 168 valence electrons. The zero-order chi connectivity index (χ0) is 23.1. The number of aliphatic hydroxyl groups excluding tert-OH is 1. The number of phenols is 2. The summed E-state index contributed by atoms with van der Waals surface area (Å²) < 4.78 is 23.4. The first-order chi connectivity index (χ1) is 16.0. The van der Waals surface area contributed by atoms with Crippen molar-refractivity contribution in [1.82, 2.24) is 0 Å². The summed E-state index contributed by atoms with van der Waals surface area (Å²) in [5, 5.41) is 29.7. The predicted molar refractivity (Wildman–Crippen MR) is 119 cm³/mol. The van der Waals surface area contributed by atoms with E-state index in [0.29, 0.717) is 28.0 Å². The summed E-state index contributed by atoms with van der Waals surface area (Å²) in [6.07, 6.45) is -1.50. The van der Waals surface area contributed by atoms with Gasteiger partial charge in [0.25, 0.3) is 0 Å².